The van der Waals surface area contributed by atoms with Gasteiger partial charge in [-0.1, -0.05) is 12.1 Å². The lowest BCUT2D eigenvalue weighted by Crippen LogP contribution is -2.06. The molecule has 0 aliphatic heterocycles. The van der Waals surface area contributed by atoms with Crippen molar-refractivity contribution >= 4 is 11.8 Å². The maximum absolute atomic E-state index is 13.3. The number of benzene rings is 2. The van der Waals surface area contributed by atoms with Gasteiger partial charge < -0.3 is 4.42 Å². The molecule has 0 saturated heterocycles. The van der Waals surface area contributed by atoms with Gasteiger partial charge in [-0.2, -0.15) is 26.3 Å². The quantitative estimate of drug-likeness (QED) is 0.313. The molecule has 3 aromatic rings. The van der Waals surface area contributed by atoms with Crippen LogP contribution >= 0.6 is 11.8 Å². The van der Waals surface area contributed by atoms with E-state index in [0.29, 0.717) is 10.5 Å². The van der Waals surface area contributed by atoms with Gasteiger partial charge in [-0.25, -0.2) is 0 Å². The molecule has 0 aliphatic rings. The zero-order valence-electron chi connectivity index (χ0n) is 14.8. The molecule has 9 heteroatoms. The van der Waals surface area contributed by atoms with E-state index in [-0.39, 0.29) is 28.4 Å². The molecule has 2 aromatic carbocycles. The van der Waals surface area contributed by atoms with Crippen LogP contribution in [0.25, 0.3) is 11.3 Å². The lowest BCUT2D eigenvalue weighted by atomic mass is 10.1. The first-order valence-corrected chi connectivity index (χ1v) is 9.21. The largest absolute Gasteiger partial charge is 0.451 e. The van der Waals surface area contributed by atoms with Crippen LogP contribution in [0.4, 0.5) is 26.3 Å². The highest BCUT2D eigenvalue weighted by atomic mass is 32.2. The predicted molar refractivity (Wildman–Crippen MR) is 95.0 cm³/mol. The van der Waals surface area contributed by atoms with Crippen molar-refractivity contribution in [3.63, 3.8) is 0 Å². The fraction of sp³-hybridized carbons (Fsp3) is 0.200. The molecule has 0 bridgehead atoms. The van der Waals surface area contributed by atoms with Crippen LogP contribution in [0.2, 0.25) is 0 Å². The predicted octanol–water partition coefficient (Wildman–Crippen LogP) is 7.73. The molecule has 153 valence electrons. The van der Waals surface area contributed by atoms with E-state index in [1.54, 1.807) is 13.0 Å². The molecule has 0 unspecified atom stereocenters. The summed E-state index contributed by atoms with van der Waals surface area (Å²) in [7, 11) is 0. The van der Waals surface area contributed by atoms with Gasteiger partial charge in [0.15, 0.2) is 5.75 Å². The molecule has 0 atom stereocenters. The van der Waals surface area contributed by atoms with Gasteiger partial charge in [-0.05, 0) is 48.9 Å². The number of halogens is 6. The van der Waals surface area contributed by atoms with Crippen LogP contribution in [-0.4, -0.2) is 0 Å². The molecule has 0 aliphatic carbocycles. The number of rotatable bonds is 4. The summed E-state index contributed by atoms with van der Waals surface area (Å²) in [5.41, 5.74) is -0.465. The zero-order chi connectivity index (χ0) is 21.4. The van der Waals surface area contributed by atoms with Crippen LogP contribution in [0.15, 0.2) is 57.8 Å². The highest BCUT2D eigenvalue weighted by Crippen LogP contribution is 2.40. The first kappa shape index (κ1) is 21.2. The summed E-state index contributed by atoms with van der Waals surface area (Å²) >= 11 is 1.09. The van der Waals surface area contributed by atoms with E-state index in [0.717, 1.165) is 36.0 Å². The Morgan fingerprint density at radius 3 is 2.10 bits per heavy atom. The summed E-state index contributed by atoms with van der Waals surface area (Å²) in [5, 5.41) is 11.4. The Balaban J connectivity index is 1.89. The van der Waals surface area contributed by atoms with Crippen molar-refractivity contribution < 1.29 is 35.9 Å². The van der Waals surface area contributed by atoms with E-state index >= 15 is 0 Å². The molecule has 1 heterocycles. The van der Waals surface area contributed by atoms with Crippen LogP contribution in [0, 0.1) is 6.92 Å². The van der Waals surface area contributed by atoms with Crippen LogP contribution in [0.5, 0.6) is 5.75 Å². The number of hydrogen-bond donors (Lipinski definition) is 0. The van der Waals surface area contributed by atoms with E-state index in [9.17, 15) is 31.4 Å². The van der Waals surface area contributed by atoms with E-state index in [2.05, 4.69) is 0 Å². The van der Waals surface area contributed by atoms with Crippen LogP contribution in [0.1, 0.15) is 22.5 Å². The van der Waals surface area contributed by atoms with Gasteiger partial charge in [0.1, 0.15) is 5.76 Å². The second-order valence-electron chi connectivity index (χ2n) is 6.25. The summed E-state index contributed by atoms with van der Waals surface area (Å²) in [4.78, 5) is 0.618. The Morgan fingerprint density at radius 1 is 0.897 bits per heavy atom. The molecule has 0 fully saturated rings. The maximum Gasteiger partial charge on any atom is 0.449 e. The van der Waals surface area contributed by atoms with Gasteiger partial charge >= 0.3 is 12.4 Å². The molecule has 0 amide bonds. The summed E-state index contributed by atoms with van der Waals surface area (Å²) in [6.07, 6.45) is -9.30. The molecule has 0 N–H and O–H groups in total. The third-order valence-electron chi connectivity index (χ3n) is 4.10. The lowest BCUT2D eigenvalue weighted by molar-refractivity contribution is -0.153. The Hall–Kier alpha value is -2.55. The van der Waals surface area contributed by atoms with Gasteiger partial charge in [0, 0.05) is 21.8 Å². The molecule has 29 heavy (non-hydrogen) atoms. The summed E-state index contributed by atoms with van der Waals surface area (Å²) in [6, 6.07) is 9.31. The van der Waals surface area contributed by atoms with Gasteiger partial charge in [0.25, 0.3) is 0 Å². The normalized spacial score (nSPS) is 12.4. The van der Waals surface area contributed by atoms with Gasteiger partial charge in [-0.15, -0.1) is 11.8 Å². The average Bonchev–Trinajstić information content (AvgIpc) is 3.07. The number of hydrogen-bond acceptors (Lipinski definition) is 2. The Morgan fingerprint density at radius 2 is 1.55 bits per heavy atom. The maximum atomic E-state index is 13.3. The highest BCUT2D eigenvalue weighted by Gasteiger charge is 2.38. The van der Waals surface area contributed by atoms with E-state index < -0.39 is 23.7 Å². The molecule has 3 rings (SSSR count). The van der Waals surface area contributed by atoms with Crippen molar-refractivity contribution in [1.82, 2.24) is 0 Å². The van der Waals surface area contributed by atoms with E-state index in [4.69, 9.17) is 4.42 Å². The molecule has 0 spiro atoms. The summed E-state index contributed by atoms with van der Waals surface area (Å²) in [5.74, 6) is -1.63. The minimum absolute atomic E-state index is 0.0867. The minimum Gasteiger partial charge on any atom is -0.451 e. The number of furan rings is 1. The molecule has 1 aromatic heterocycles. The average molecular weight is 431 g/mol. The Kier molecular flexibility index (Phi) is 5.62. The summed E-state index contributed by atoms with van der Waals surface area (Å²) < 4.78 is 83.0. The van der Waals surface area contributed by atoms with Crippen molar-refractivity contribution in [1.29, 1.82) is 0 Å². The van der Waals surface area contributed by atoms with Crippen molar-refractivity contribution in [2.45, 2.75) is 29.9 Å². The third-order valence-corrected chi connectivity index (χ3v) is 5.15. The van der Waals surface area contributed by atoms with Crippen LogP contribution in [-0.2, 0) is 23.2 Å². The second-order valence-corrected chi connectivity index (χ2v) is 7.30. The molecule has 2 nitrogen and oxygen atoms in total. The second kappa shape index (κ2) is 7.70. The fourth-order valence-electron chi connectivity index (χ4n) is 2.61. The first-order chi connectivity index (χ1) is 13.4. The monoisotopic (exact) mass is 431 g/mol. The lowest BCUT2D eigenvalue weighted by Gasteiger charge is -2.07. The Bertz CT molecular complexity index is 1000. The molecule has 1 radical (unpaired) electrons. The molecular formula is C20H13F6O2S. The topological polar surface area (TPSA) is 33.0 Å². The van der Waals surface area contributed by atoms with Crippen molar-refractivity contribution in [3.8, 4) is 17.1 Å². The van der Waals surface area contributed by atoms with Crippen molar-refractivity contribution in [3.05, 3.63) is 71.0 Å². The standard InChI is InChI=1S/C20H13F6O2S/c1-11-8-15(6-7-16(11)27)29-10-13-9-17(28-18(13)20(24,25)26)12-2-4-14(5-3-12)19(21,22)23/h2-9H,10H2,1H3. The van der Waals surface area contributed by atoms with Crippen molar-refractivity contribution in [2.75, 3.05) is 0 Å². The molecular weight excluding hydrogens is 418 g/mol. The minimum atomic E-state index is -4.76. The third kappa shape index (κ3) is 4.90. The highest BCUT2D eigenvalue weighted by molar-refractivity contribution is 7.98. The van der Waals surface area contributed by atoms with E-state index in [1.807, 2.05) is 0 Å². The van der Waals surface area contributed by atoms with E-state index in [1.165, 1.54) is 18.2 Å². The van der Waals surface area contributed by atoms with Crippen LogP contribution < -0.4 is 0 Å². The fourth-order valence-corrected chi connectivity index (χ4v) is 3.58. The SMILES string of the molecule is Cc1cc(SCc2cc(-c3ccc(C(F)(F)F)cc3)oc2C(F)(F)F)ccc1[O]. The zero-order valence-corrected chi connectivity index (χ0v) is 15.6. The molecule has 0 saturated carbocycles. The smallest absolute Gasteiger partial charge is 0.449 e. The first-order valence-electron chi connectivity index (χ1n) is 8.23. The van der Waals surface area contributed by atoms with Gasteiger partial charge in [0.05, 0.1) is 5.56 Å². The number of aryl methyl sites for hydroxylation is 1. The number of alkyl halides is 6. The summed E-state index contributed by atoms with van der Waals surface area (Å²) in [6.45, 7) is 1.61. The van der Waals surface area contributed by atoms with Gasteiger partial charge in [0.2, 0.25) is 5.76 Å². The van der Waals surface area contributed by atoms with Crippen molar-refractivity contribution in [2.24, 2.45) is 0 Å². The Labute approximate surface area is 166 Å². The van der Waals surface area contributed by atoms with Crippen LogP contribution in [0.3, 0.4) is 0 Å². The van der Waals surface area contributed by atoms with Gasteiger partial charge in [-0.3, -0.25) is 5.11 Å². The number of thioether (sulfide) groups is 1.